The van der Waals surface area contributed by atoms with Gasteiger partial charge in [-0.2, -0.15) is 5.10 Å². The number of para-hydroxylation sites is 1. The summed E-state index contributed by atoms with van der Waals surface area (Å²) in [5, 5.41) is 8.01. The van der Waals surface area contributed by atoms with E-state index in [1.807, 2.05) is 32.2 Å². The number of halogens is 1. The number of aromatic nitrogens is 2. The molecule has 0 fully saturated rings. The summed E-state index contributed by atoms with van der Waals surface area (Å²) in [6, 6.07) is 5.72. The van der Waals surface area contributed by atoms with Crippen molar-refractivity contribution in [2.75, 3.05) is 11.1 Å². The summed E-state index contributed by atoms with van der Waals surface area (Å²) >= 11 is 6.10. The molecular weight excluding hydrogens is 224 g/mol. The van der Waals surface area contributed by atoms with Crippen molar-refractivity contribution in [3.63, 3.8) is 0 Å². The fourth-order valence-electron chi connectivity index (χ4n) is 1.51. The molecule has 0 aliphatic rings. The highest BCUT2D eigenvalue weighted by atomic mass is 35.5. The number of nitrogens with zero attached hydrogens (tertiary/aromatic N) is 2. The summed E-state index contributed by atoms with van der Waals surface area (Å²) in [6.45, 7) is 1.98. The Hall–Kier alpha value is -1.68. The van der Waals surface area contributed by atoms with Gasteiger partial charge in [0, 0.05) is 13.2 Å². The second kappa shape index (κ2) is 4.06. The van der Waals surface area contributed by atoms with Crippen LogP contribution in [0.15, 0.2) is 24.4 Å². The third kappa shape index (κ3) is 1.97. The molecule has 3 N–H and O–H groups in total. The lowest BCUT2D eigenvalue weighted by Gasteiger charge is -2.09. The Morgan fingerprint density at radius 1 is 1.44 bits per heavy atom. The molecule has 4 nitrogen and oxygen atoms in total. The topological polar surface area (TPSA) is 55.9 Å². The number of rotatable bonds is 2. The van der Waals surface area contributed by atoms with Gasteiger partial charge in [-0.3, -0.25) is 4.68 Å². The molecule has 0 aliphatic carbocycles. The number of nitrogens with one attached hydrogen (secondary N) is 1. The van der Waals surface area contributed by atoms with E-state index >= 15 is 0 Å². The van der Waals surface area contributed by atoms with E-state index in [9.17, 15) is 0 Å². The fraction of sp³-hybridized carbons (Fsp3) is 0.182. The average Bonchev–Trinajstić information content (AvgIpc) is 2.51. The molecule has 1 aromatic carbocycles. The summed E-state index contributed by atoms with van der Waals surface area (Å²) in [5.74, 6) is 0.624. The Balaban J connectivity index is 2.37. The fourth-order valence-corrected chi connectivity index (χ4v) is 1.78. The summed E-state index contributed by atoms with van der Waals surface area (Å²) in [4.78, 5) is 0. The van der Waals surface area contributed by atoms with E-state index < -0.39 is 0 Å². The maximum atomic E-state index is 6.10. The third-order valence-electron chi connectivity index (χ3n) is 2.32. The minimum absolute atomic E-state index is 0.599. The average molecular weight is 237 g/mol. The highest BCUT2D eigenvalue weighted by Crippen LogP contribution is 2.29. The number of aryl methyl sites for hydroxylation is 2. The van der Waals surface area contributed by atoms with Crippen LogP contribution in [0, 0.1) is 6.92 Å². The van der Waals surface area contributed by atoms with Crippen LogP contribution in [0.1, 0.15) is 5.56 Å². The van der Waals surface area contributed by atoms with E-state index in [0.717, 1.165) is 11.3 Å². The van der Waals surface area contributed by atoms with Crippen molar-refractivity contribution in [3.05, 3.63) is 35.0 Å². The lowest BCUT2D eigenvalue weighted by Crippen LogP contribution is -1.98. The first kappa shape index (κ1) is 10.8. The zero-order valence-corrected chi connectivity index (χ0v) is 9.92. The first-order valence-electron chi connectivity index (χ1n) is 4.89. The van der Waals surface area contributed by atoms with Crippen molar-refractivity contribution in [2.24, 2.45) is 7.05 Å². The predicted molar refractivity (Wildman–Crippen MR) is 67.1 cm³/mol. The van der Waals surface area contributed by atoms with Gasteiger partial charge in [-0.15, -0.1) is 0 Å². The van der Waals surface area contributed by atoms with E-state index in [-0.39, 0.29) is 0 Å². The number of benzene rings is 1. The first-order chi connectivity index (χ1) is 7.58. The molecule has 0 spiro atoms. The summed E-state index contributed by atoms with van der Waals surface area (Å²) in [7, 11) is 1.82. The minimum Gasteiger partial charge on any atom is -0.394 e. The van der Waals surface area contributed by atoms with E-state index in [4.69, 9.17) is 17.3 Å². The van der Waals surface area contributed by atoms with Gasteiger partial charge >= 0.3 is 0 Å². The molecule has 1 heterocycles. The summed E-state index contributed by atoms with van der Waals surface area (Å²) in [6.07, 6.45) is 1.74. The van der Waals surface area contributed by atoms with Crippen LogP contribution in [-0.4, -0.2) is 9.78 Å². The first-order valence-corrected chi connectivity index (χ1v) is 5.27. The Kier molecular flexibility index (Phi) is 2.75. The van der Waals surface area contributed by atoms with Crippen molar-refractivity contribution < 1.29 is 0 Å². The van der Waals surface area contributed by atoms with Crippen LogP contribution in [0.2, 0.25) is 5.02 Å². The molecule has 0 saturated heterocycles. The monoisotopic (exact) mass is 236 g/mol. The van der Waals surface area contributed by atoms with Gasteiger partial charge in [0.2, 0.25) is 0 Å². The van der Waals surface area contributed by atoms with Crippen molar-refractivity contribution in [1.29, 1.82) is 0 Å². The molecule has 16 heavy (non-hydrogen) atoms. The van der Waals surface area contributed by atoms with Crippen molar-refractivity contribution in [2.45, 2.75) is 6.92 Å². The molecule has 0 saturated carbocycles. The SMILES string of the molecule is Cc1cccc(Cl)c1Nc1nn(C)cc1N. The highest BCUT2D eigenvalue weighted by Gasteiger charge is 2.08. The largest absolute Gasteiger partial charge is 0.394 e. The van der Waals surface area contributed by atoms with Gasteiger partial charge in [-0.05, 0) is 18.6 Å². The second-order valence-corrected chi connectivity index (χ2v) is 4.07. The zero-order chi connectivity index (χ0) is 11.7. The predicted octanol–water partition coefficient (Wildman–Crippen LogP) is 2.71. The molecule has 2 rings (SSSR count). The summed E-state index contributed by atoms with van der Waals surface area (Å²) in [5.41, 5.74) is 8.29. The van der Waals surface area contributed by atoms with Gasteiger partial charge in [-0.25, -0.2) is 0 Å². The van der Waals surface area contributed by atoms with Crippen LogP contribution in [0.4, 0.5) is 17.2 Å². The van der Waals surface area contributed by atoms with E-state index in [0.29, 0.717) is 16.5 Å². The maximum absolute atomic E-state index is 6.10. The van der Waals surface area contributed by atoms with Gasteiger partial charge in [0.25, 0.3) is 0 Å². The molecule has 1 aromatic heterocycles. The molecule has 0 atom stereocenters. The van der Waals surface area contributed by atoms with Crippen molar-refractivity contribution >= 4 is 28.8 Å². The molecule has 5 heteroatoms. The van der Waals surface area contributed by atoms with Crippen LogP contribution in [-0.2, 0) is 7.05 Å². The maximum Gasteiger partial charge on any atom is 0.175 e. The van der Waals surface area contributed by atoms with Crippen LogP contribution in [0.25, 0.3) is 0 Å². The molecular formula is C11H13ClN4. The molecule has 0 bridgehead atoms. The molecule has 0 amide bonds. The van der Waals surface area contributed by atoms with Crippen molar-refractivity contribution in [1.82, 2.24) is 9.78 Å². The summed E-state index contributed by atoms with van der Waals surface area (Å²) < 4.78 is 1.66. The number of hydrogen-bond acceptors (Lipinski definition) is 3. The van der Waals surface area contributed by atoms with Crippen LogP contribution < -0.4 is 11.1 Å². The standard InChI is InChI=1S/C11H13ClN4/c1-7-4-3-5-8(12)10(7)14-11-9(13)6-16(2)15-11/h3-6H,13H2,1-2H3,(H,14,15). The van der Waals surface area contributed by atoms with Crippen LogP contribution in [0.5, 0.6) is 0 Å². The number of nitrogen functional groups attached to an aromatic ring is 1. The van der Waals surface area contributed by atoms with Gasteiger partial charge in [-0.1, -0.05) is 23.7 Å². The Morgan fingerprint density at radius 3 is 2.75 bits per heavy atom. The van der Waals surface area contributed by atoms with Gasteiger partial charge in [0.15, 0.2) is 5.82 Å². The van der Waals surface area contributed by atoms with Gasteiger partial charge in [0.1, 0.15) is 0 Å². The van der Waals surface area contributed by atoms with E-state index in [1.54, 1.807) is 10.9 Å². The Morgan fingerprint density at radius 2 is 2.19 bits per heavy atom. The quantitative estimate of drug-likeness (QED) is 0.843. The minimum atomic E-state index is 0.599. The second-order valence-electron chi connectivity index (χ2n) is 3.66. The number of hydrogen-bond donors (Lipinski definition) is 2. The third-order valence-corrected chi connectivity index (χ3v) is 2.64. The highest BCUT2D eigenvalue weighted by molar-refractivity contribution is 6.33. The van der Waals surface area contributed by atoms with Gasteiger partial charge < -0.3 is 11.1 Å². The molecule has 0 radical (unpaired) electrons. The number of anilines is 3. The normalized spacial score (nSPS) is 10.4. The van der Waals surface area contributed by atoms with Crippen LogP contribution >= 0.6 is 11.6 Å². The zero-order valence-electron chi connectivity index (χ0n) is 9.16. The molecule has 0 aliphatic heterocycles. The van der Waals surface area contributed by atoms with E-state index in [2.05, 4.69) is 10.4 Å². The van der Waals surface area contributed by atoms with Crippen molar-refractivity contribution in [3.8, 4) is 0 Å². The Bertz CT molecular complexity index is 498. The Labute approximate surface area is 99.0 Å². The molecule has 0 unspecified atom stereocenters. The van der Waals surface area contributed by atoms with Gasteiger partial charge in [0.05, 0.1) is 16.4 Å². The lowest BCUT2D eigenvalue weighted by molar-refractivity contribution is 0.771. The van der Waals surface area contributed by atoms with E-state index in [1.165, 1.54) is 0 Å². The lowest BCUT2D eigenvalue weighted by atomic mass is 10.2. The smallest absolute Gasteiger partial charge is 0.175 e. The molecule has 84 valence electrons. The molecule has 2 aromatic rings. The number of nitrogens with two attached hydrogens (primary N) is 1. The van der Waals surface area contributed by atoms with Crippen LogP contribution in [0.3, 0.4) is 0 Å².